The SMILES string of the molecule is CC(C)(CSc1ccncc1)C(=O)c1ccc(F)cc1F. The van der Waals surface area contributed by atoms with E-state index >= 15 is 0 Å². The second-order valence-corrected chi connectivity index (χ2v) is 6.36. The highest BCUT2D eigenvalue weighted by molar-refractivity contribution is 7.99. The van der Waals surface area contributed by atoms with E-state index < -0.39 is 17.0 Å². The molecule has 110 valence electrons. The van der Waals surface area contributed by atoms with Crippen LogP contribution in [-0.4, -0.2) is 16.5 Å². The third kappa shape index (κ3) is 3.88. The van der Waals surface area contributed by atoms with Crippen LogP contribution < -0.4 is 0 Å². The molecule has 0 spiro atoms. The van der Waals surface area contributed by atoms with E-state index in [-0.39, 0.29) is 11.3 Å². The molecular weight excluding hydrogens is 292 g/mol. The van der Waals surface area contributed by atoms with Crippen LogP contribution in [0.1, 0.15) is 24.2 Å². The van der Waals surface area contributed by atoms with Gasteiger partial charge in [-0.05, 0) is 24.3 Å². The average molecular weight is 307 g/mol. The molecule has 0 aliphatic carbocycles. The molecule has 0 aliphatic rings. The first-order valence-corrected chi connectivity index (χ1v) is 7.41. The highest BCUT2D eigenvalue weighted by atomic mass is 32.2. The minimum atomic E-state index is -0.818. The summed E-state index contributed by atoms with van der Waals surface area (Å²) in [6.45, 7) is 3.51. The standard InChI is InChI=1S/C16H15F2NOS/c1-16(2,10-21-12-5-7-19-8-6-12)15(20)13-4-3-11(17)9-14(13)18/h3-9H,10H2,1-2H3. The summed E-state index contributed by atoms with van der Waals surface area (Å²) in [4.78, 5) is 17.3. The molecule has 2 nitrogen and oxygen atoms in total. The number of halogens is 2. The first-order valence-electron chi connectivity index (χ1n) is 6.43. The highest BCUT2D eigenvalue weighted by Gasteiger charge is 2.30. The number of hydrogen-bond acceptors (Lipinski definition) is 3. The van der Waals surface area contributed by atoms with E-state index in [0.717, 1.165) is 17.0 Å². The third-order valence-corrected chi connectivity index (χ3v) is 4.51. The van der Waals surface area contributed by atoms with E-state index in [4.69, 9.17) is 0 Å². The van der Waals surface area contributed by atoms with Gasteiger partial charge in [-0.25, -0.2) is 8.78 Å². The van der Waals surface area contributed by atoms with Gasteiger partial charge in [-0.2, -0.15) is 0 Å². The maximum absolute atomic E-state index is 13.7. The molecule has 0 aliphatic heterocycles. The Labute approximate surface area is 126 Å². The Morgan fingerprint density at radius 3 is 2.48 bits per heavy atom. The predicted octanol–water partition coefficient (Wildman–Crippen LogP) is 4.36. The summed E-state index contributed by atoms with van der Waals surface area (Å²) in [5.74, 6) is -1.34. The van der Waals surface area contributed by atoms with Gasteiger partial charge in [0.1, 0.15) is 11.6 Å². The molecule has 0 N–H and O–H groups in total. The molecule has 21 heavy (non-hydrogen) atoms. The monoisotopic (exact) mass is 307 g/mol. The molecule has 1 heterocycles. The van der Waals surface area contributed by atoms with Crippen LogP contribution in [0, 0.1) is 17.0 Å². The number of thioether (sulfide) groups is 1. The Bertz CT molecular complexity index is 644. The molecule has 1 aromatic heterocycles. The molecule has 0 fully saturated rings. The van der Waals surface area contributed by atoms with Gasteiger partial charge < -0.3 is 0 Å². The Balaban J connectivity index is 2.13. The van der Waals surface area contributed by atoms with E-state index in [1.807, 2.05) is 12.1 Å². The zero-order valence-corrected chi connectivity index (χ0v) is 12.6. The van der Waals surface area contributed by atoms with Crippen LogP contribution in [0.25, 0.3) is 0 Å². The number of rotatable bonds is 5. The lowest BCUT2D eigenvalue weighted by molar-refractivity contribution is 0.0859. The topological polar surface area (TPSA) is 30.0 Å². The van der Waals surface area contributed by atoms with Crippen molar-refractivity contribution >= 4 is 17.5 Å². The number of carbonyl (C=O) groups is 1. The largest absolute Gasteiger partial charge is 0.293 e. The first-order chi connectivity index (χ1) is 9.90. The second-order valence-electron chi connectivity index (χ2n) is 5.31. The van der Waals surface area contributed by atoms with Gasteiger partial charge in [0.2, 0.25) is 0 Å². The van der Waals surface area contributed by atoms with E-state index in [0.29, 0.717) is 5.75 Å². The van der Waals surface area contributed by atoms with Gasteiger partial charge in [0.15, 0.2) is 5.78 Å². The van der Waals surface area contributed by atoms with Gasteiger partial charge in [0.05, 0.1) is 5.56 Å². The fourth-order valence-corrected chi connectivity index (χ4v) is 2.77. The molecular formula is C16H15F2NOS. The number of nitrogens with zero attached hydrogens (tertiary/aromatic N) is 1. The summed E-state index contributed by atoms with van der Waals surface area (Å²) in [6, 6.07) is 6.74. The maximum Gasteiger partial charge on any atom is 0.172 e. The quantitative estimate of drug-likeness (QED) is 0.607. The van der Waals surface area contributed by atoms with Gasteiger partial charge in [-0.1, -0.05) is 13.8 Å². The van der Waals surface area contributed by atoms with Crippen molar-refractivity contribution in [2.24, 2.45) is 5.41 Å². The summed E-state index contributed by atoms with van der Waals surface area (Å²) < 4.78 is 26.6. The molecule has 0 bridgehead atoms. The lowest BCUT2D eigenvalue weighted by Gasteiger charge is -2.23. The van der Waals surface area contributed by atoms with Crippen molar-refractivity contribution in [1.82, 2.24) is 4.98 Å². The number of Topliss-reactive ketones (excluding diaryl/α,β-unsaturated/α-hetero) is 1. The summed E-state index contributed by atoms with van der Waals surface area (Å²) in [6.07, 6.45) is 3.35. The first kappa shape index (κ1) is 15.6. The smallest absolute Gasteiger partial charge is 0.172 e. The summed E-state index contributed by atoms with van der Waals surface area (Å²) >= 11 is 1.50. The number of benzene rings is 1. The van der Waals surface area contributed by atoms with Gasteiger partial charge in [-0.3, -0.25) is 9.78 Å². The zero-order chi connectivity index (χ0) is 15.5. The summed E-state index contributed by atoms with van der Waals surface area (Å²) in [5, 5.41) is 0. The Kier molecular flexibility index (Phi) is 4.73. The zero-order valence-electron chi connectivity index (χ0n) is 11.8. The Hall–Kier alpha value is -1.75. The van der Waals surface area contributed by atoms with Gasteiger partial charge >= 0.3 is 0 Å². The van der Waals surface area contributed by atoms with Crippen molar-refractivity contribution in [3.63, 3.8) is 0 Å². The molecule has 0 atom stereocenters. The molecule has 1 aromatic carbocycles. The normalized spacial score (nSPS) is 11.4. The van der Waals surface area contributed by atoms with Gasteiger partial charge in [0, 0.05) is 34.5 Å². The number of pyridine rings is 1. The lowest BCUT2D eigenvalue weighted by Crippen LogP contribution is -2.28. The van der Waals surface area contributed by atoms with Crippen molar-refractivity contribution < 1.29 is 13.6 Å². The van der Waals surface area contributed by atoms with Crippen LogP contribution in [0.4, 0.5) is 8.78 Å². The van der Waals surface area contributed by atoms with Crippen molar-refractivity contribution in [1.29, 1.82) is 0 Å². The molecule has 2 rings (SSSR count). The van der Waals surface area contributed by atoms with Gasteiger partial charge in [0.25, 0.3) is 0 Å². The molecule has 0 radical (unpaired) electrons. The number of ketones is 1. The van der Waals surface area contributed by atoms with E-state index in [9.17, 15) is 13.6 Å². The van der Waals surface area contributed by atoms with Crippen LogP contribution in [0.15, 0.2) is 47.6 Å². The van der Waals surface area contributed by atoms with Crippen LogP contribution in [-0.2, 0) is 0 Å². The number of carbonyl (C=O) groups excluding carboxylic acids is 1. The molecule has 0 amide bonds. The molecule has 5 heteroatoms. The van der Waals surface area contributed by atoms with Crippen molar-refractivity contribution in [3.05, 3.63) is 59.9 Å². The maximum atomic E-state index is 13.7. The molecule has 2 aromatic rings. The average Bonchev–Trinajstić information content (AvgIpc) is 2.46. The molecule has 0 unspecified atom stereocenters. The fourth-order valence-electron chi connectivity index (χ4n) is 1.80. The molecule has 0 saturated heterocycles. The van der Waals surface area contributed by atoms with E-state index in [1.165, 1.54) is 17.8 Å². The number of aromatic nitrogens is 1. The summed E-state index contributed by atoms with van der Waals surface area (Å²) in [5.41, 5.74) is -0.830. The summed E-state index contributed by atoms with van der Waals surface area (Å²) in [7, 11) is 0. The van der Waals surface area contributed by atoms with Crippen LogP contribution >= 0.6 is 11.8 Å². The van der Waals surface area contributed by atoms with E-state index in [1.54, 1.807) is 26.2 Å². The minimum absolute atomic E-state index is 0.0725. The van der Waals surface area contributed by atoms with E-state index in [2.05, 4.69) is 4.98 Å². The van der Waals surface area contributed by atoms with Crippen molar-refractivity contribution in [2.45, 2.75) is 18.7 Å². The van der Waals surface area contributed by atoms with Crippen LogP contribution in [0.5, 0.6) is 0 Å². The highest BCUT2D eigenvalue weighted by Crippen LogP contribution is 2.31. The minimum Gasteiger partial charge on any atom is -0.293 e. The van der Waals surface area contributed by atoms with Crippen molar-refractivity contribution in [3.8, 4) is 0 Å². The van der Waals surface area contributed by atoms with Crippen LogP contribution in [0.2, 0.25) is 0 Å². The third-order valence-electron chi connectivity index (χ3n) is 3.04. The molecule has 0 saturated carbocycles. The fraction of sp³-hybridized carbons (Fsp3) is 0.250. The van der Waals surface area contributed by atoms with Gasteiger partial charge in [-0.15, -0.1) is 11.8 Å². The Morgan fingerprint density at radius 2 is 1.86 bits per heavy atom. The van der Waals surface area contributed by atoms with Crippen molar-refractivity contribution in [2.75, 3.05) is 5.75 Å². The second kappa shape index (κ2) is 6.35. The van der Waals surface area contributed by atoms with Crippen LogP contribution in [0.3, 0.4) is 0 Å². The lowest BCUT2D eigenvalue weighted by atomic mass is 9.86. The Morgan fingerprint density at radius 1 is 1.19 bits per heavy atom. The number of hydrogen-bond donors (Lipinski definition) is 0. The predicted molar refractivity (Wildman–Crippen MR) is 79.4 cm³/mol.